The van der Waals surface area contributed by atoms with Crippen molar-refractivity contribution < 1.29 is 26.3 Å². The zero-order valence-corrected chi connectivity index (χ0v) is 19.7. The van der Waals surface area contributed by atoms with Crippen LogP contribution in [-0.2, 0) is 12.6 Å². The fraction of sp³-hybridized carbons (Fsp3) is 0.333. The van der Waals surface area contributed by atoms with Crippen LogP contribution in [0.25, 0.3) is 10.8 Å². The molecule has 0 saturated heterocycles. The van der Waals surface area contributed by atoms with Gasteiger partial charge in [-0.3, -0.25) is 0 Å². The second-order valence-corrected chi connectivity index (χ2v) is 9.47. The molecule has 36 heavy (non-hydrogen) atoms. The van der Waals surface area contributed by atoms with Gasteiger partial charge in [-0.1, -0.05) is 61.1 Å². The minimum absolute atomic E-state index is 0.280. The van der Waals surface area contributed by atoms with Gasteiger partial charge in [0.1, 0.15) is 11.4 Å². The molecule has 0 atom stereocenters. The number of rotatable bonds is 5. The quantitative estimate of drug-likeness (QED) is 0.142. The Morgan fingerprint density at radius 1 is 0.861 bits per heavy atom. The third-order valence-corrected chi connectivity index (χ3v) is 7.03. The number of alkyl halides is 3. The molecule has 0 bridgehead atoms. The lowest BCUT2D eigenvalue weighted by Gasteiger charge is -2.27. The van der Waals surface area contributed by atoms with Crippen molar-refractivity contribution in [3.8, 4) is 11.8 Å². The molecule has 3 aromatic rings. The average molecular weight is 501 g/mol. The van der Waals surface area contributed by atoms with E-state index >= 15 is 0 Å². The van der Waals surface area contributed by atoms with Crippen LogP contribution >= 0.6 is 0 Å². The number of fused-ring (bicyclic) bond motifs is 1. The SMILES string of the molecule is C=CCC1CCC(CCc2ccc3c(C#Cc4cc(F)c(C(F)(F)F)c(F)c4F)cccc3c2)CC1. The van der Waals surface area contributed by atoms with Crippen molar-refractivity contribution in [3.05, 3.63) is 94.8 Å². The van der Waals surface area contributed by atoms with Crippen molar-refractivity contribution >= 4 is 10.8 Å². The Bertz CT molecular complexity index is 1320. The van der Waals surface area contributed by atoms with Crippen LogP contribution in [0.2, 0.25) is 0 Å². The van der Waals surface area contributed by atoms with Crippen LogP contribution in [-0.4, -0.2) is 0 Å². The minimum Gasteiger partial charge on any atom is -0.206 e. The first-order valence-corrected chi connectivity index (χ1v) is 12.1. The van der Waals surface area contributed by atoms with Crippen LogP contribution in [0.3, 0.4) is 0 Å². The fourth-order valence-corrected chi connectivity index (χ4v) is 5.04. The van der Waals surface area contributed by atoms with Crippen molar-refractivity contribution in [3.63, 3.8) is 0 Å². The monoisotopic (exact) mass is 500 g/mol. The lowest BCUT2D eigenvalue weighted by molar-refractivity contribution is -0.142. The van der Waals surface area contributed by atoms with E-state index in [1.165, 1.54) is 31.2 Å². The van der Waals surface area contributed by atoms with Crippen molar-refractivity contribution in [1.29, 1.82) is 0 Å². The molecule has 0 aromatic heterocycles. The van der Waals surface area contributed by atoms with E-state index in [1.54, 1.807) is 12.1 Å². The maximum absolute atomic E-state index is 14.2. The van der Waals surface area contributed by atoms with Crippen molar-refractivity contribution in [2.75, 3.05) is 0 Å². The summed E-state index contributed by atoms with van der Waals surface area (Å²) in [7, 11) is 0. The summed E-state index contributed by atoms with van der Waals surface area (Å²) in [6.45, 7) is 3.84. The maximum Gasteiger partial charge on any atom is 0.422 e. The first kappa shape index (κ1) is 25.9. The van der Waals surface area contributed by atoms with Crippen LogP contribution in [0.4, 0.5) is 26.3 Å². The number of allylic oxidation sites excluding steroid dienone is 1. The molecule has 1 aliphatic rings. The van der Waals surface area contributed by atoms with Crippen LogP contribution in [0, 0.1) is 41.1 Å². The van der Waals surface area contributed by atoms with Gasteiger partial charge in [0.2, 0.25) is 0 Å². The van der Waals surface area contributed by atoms with Gasteiger partial charge >= 0.3 is 6.18 Å². The Hall–Kier alpha value is -3.20. The molecule has 0 nitrogen and oxygen atoms in total. The van der Waals surface area contributed by atoms with Gasteiger partial charge in [0.05, 0.1) is 5.56 Å². The average Bonchev–Trinajstić information content (AvgIpc) is 2.84. The summed E-state index contributed by atoms with van der Waals surface area (Å²) in [6, 6.07) is 11.6. The summed E-state index contributed by atoms with van der Waals surface area (Å²) in [5.74, 6) is 0.438. The molecular weight excluding hydrogens is 474 g/mol. The van der Waals surface area contributed by atoms with E-state index in [1.807, 2.05) is 24.3 Å². The number of hydrogen-bond acceptors (Lipinski definition) is 0. The fourth-order valence-electron chi connectivity index (χ4n) is 5.04. The molecule has 6 heteroatoms. The Kier molecular flexibility index (Phi) is 7.78. The first-order chi connectivity index (χ1) is 17.2. The van der Waals surface area contributed by atoms with E-state index in [4.69, 9.17) is 0 Å². The second kappa shape index (κ2) is 10.8. The van der Waals surface area contributed by atoms with E-state index in [0.717, 1.165) is 41.9 Å². The van der Waals surface area contributed by atoms with Gasteiger partial charge < -0.3 is 0 Å². The highest BCUT2D eigenvalue weighted by molar-refractivity contribution is 5.88. The highest BCUT2D eigenvalue weighted by atomic mass is 19.4. The lowest BCUT2D eigenvalue weighted by Crippen LogP contribution is -2.14. The van der Waals surface area contributed by atoms with Crippen molar-refractivity contribution in [2.45, 2.75) is 51.1 Å². The summed E-state index contributed by atoms with van der Waals surface area (Å²) in [4.78, 5) is 0. The van der Waals surface area contributed by atoms with E-state index in [9.17, 15) is 26.3 Å². The molecule has 0 spiro atoms. The molecule has 188 valence electrons. The first-order valence-electron chi connectivity index (χ1n) is 12.1. The smallest absolute Gasteiger partial charge is 0.206 e. The van der Waals surface area contributed by atoms with Crippen LogP contribution in [0.15, 0.2) is 55.1 Å². The molecule has 0 unspecified atom stereocenters. The molecule has 1 saturated carbocycles. The topological polar surface area (TPSA) is 0 Å². The molecule has 1 aliphatic carbocycles. The third-order valence-electron chi connectivity index (χ3n) is 7.03. The second-order valence-electron chi connectivity index (χ2n) is 9.47. The minimum atomic E-state index is -5.35. The molecular formula is C30H26F6. The van der Waals surface area contributed by atoms with E-state index in [-0.39, 0.29) is 6.07 Å². The molecule has 3 aromatic carbocycles. The summed E-state index contributed by atoms with van der Waals surface area (Å²) in [6.07, 6.45) is 4.83. The lowest BCUT2D eigenvalue weighted by atomic mass is 9.78. The van der Waals surface area contributed by atoms with E-state index < -0.39 is 34.8 Å². The van der Waals surface area contributed by atoms with Gasteiger partial charge in [0, 0.05) is 5.56 Å². The van der Waals surface area contributed by atoms with Crippen LogP contribution in [0.1, 0.15) is 60.8 Å². The Balaban J connectivity index is 1.51. The van der Waals surface area contributed by atoms with Gasteiger partial charge in [-0.15, -0.1) is 6.58 Å². The van der Waals surface area contributed by atoms with E-state index in [0.29, 0.717) is 5.56 Å². The van der Waals surface area contributed by atoms with E-state index in [2.05, 4.69) is 24.5 Å². The van der Waals surface area contributed by atoms with Gasteiger partial charge in [0.15, 0.2) is 11.6 Å². The third kappa shape index (κ3) is 5.78. The van der Waals surface area contributed by atoms with Crippen LogP contribution < -0.4 is 0 Å². The zero-order valence-electron chi connectivity index (χ0n) is 19.7. The molecule has 0 amide bonds. The molecule has 0 N–H and O–H groups in total. The molecule has 1 fully saturated rings. The van der Waals surface area contributed by atoms with Gasteiger partial charge in [-0.05, 0) is 72.4 Å². The number of hydrogen-bond donors (Lipinski definition) is 0. The summed E-state index contributed by atoms with van der Waals surface area (Å²) in [5.41, 5.74) is -1.35. The predicted molar refractivity (Wildman–Crippen MR) is 130 cm³/mol. The molecule has 4 rings (SSSR count). The highest BCUT2D eigenvalue weighted by Gasteiger charge is 2.39. The van der Waals surface area contributed by atoms with Gasteiger partial charge in [-0.2, -0.15) is 13.2 Å². The normalized spacial score (nSPS) is 18.1. The largest absolute Gasteiger partial charge is 0.422 e. The summed E-state index contributed by atoms with van der Waals surface area (Å²) >= 11 is 0. The summed E-state index contributed by atoms with van der Waals surface area (Å²) in [5, 5.41) is 1.69. The van der Waals surface area contributed by atoms with Crippen LogP contribution in [0.5, 0.6) is 0 Å². The molecule has 0 aliphatic heterocycles. The summed E-state index contributed by atoms with van der Waals surface area (Å²) < 4.78 is 80.4. The number of benzene rings is 3. The highest BCUT2D eigenvalue weighted by Crippen LogP contribution is 2.36. The maximum atomic E-state index is 14.2. The van der Waals surface area contributed by atoms with Gasteiger partial charge in [-0.25, -0.2) is 13.2 Å². The zero-order chi connectivity index (χ0) is 25.9. The van der Waals surface area contributed by atoms with Crippen molar-refractivity contribution in [1.82, 2.24) is 0 Å². The van der Waals surface area contributed by atoms with Gasteiger partial charge in [0.25, 0.3) is 0 Å². The number of aryl methyl sites for hydroxylation is 1. The predicted octanol–water partition coefficient (Wildman–Crippen LogP) is 8.99. The standard InChI is InChI=1S/C30H26F6/c1-2-4-19-7-9-20(10-8-19)11-12-21-13-16-25-22(5-3-6-23(25)17-21)14-15-24-18-26(31)27(30(34,35)36)29(33)28(24)32/h2-3,5-6,13,16-20H,1,4,7-12H2. The Labute approximate surface area is 207 Å². The number of halogens is 6. The molecule has 0 heterocycles. The van der Waals surface area contributed by atoms with Crippen molar-refractivity contribution in [2.24, 2.45) is 11.8 Å². The Morgan fingerprint density at radius 2 is 1.56 bits per heavy atom. The molecule has 0 radical (unpaired) electrons. The Morgan fingerprint density at radius 3 is 2.25 bits per heavy atom.